The normalized spacial score (nSPS) is 12.1. The summed E-state index contributed by atoms with van der Waals surface area (Å²) < 4.78 is 13.6. The molecule has 0 fully saturated rings. The van der Waals surface area contributed by atoms with Crippen molar-refractivity contribution < 1.29 is 9.18 Å². The summed E-state index contributed by atoms with van der Waals surface area (Å²) >= 11 is 0. The van der Waals surface area contributed by atoms with Crippen molar-refractivity contribution in [1.82, 2.24) is 15.3 Å². The van der Waals surface area contributed by atoms with Crippen molar-refractivity contribution in [2.24, 2.45) is 0 Å². The number of nitrogens with one attached hydrogen (secondary N) is 1. The second-order valence-electron chi connectivity index (χ2n) is 5.80. The molecular formula is C21H18FN3O. The first-order chi connectivity index (χ1) is 12.6. The van der Waals surface area contributed by atoms with Crippen molar-refractivity contribution in [3.63, 3.8) is 0 Å². The first kappa shape index (κ1) is 17.5. The molecule has 130 valence electrons. The summed E-state index contributed by atoms with van der Waals surface area (Å²) in [5.74, 6) is -0.646. The first-order valence-electron chi connectivity index (χ1n) is 8.23. The maximum absolute atomic E-state index is 13.6. The van der Waals surface area contributed by atoms with Crippen LogP contribution in [0.1, 0.15) is 24.1 Å². The second kappa shape index (κ2) is 8.16. The van der Waals surface area contributed by atoms with E-state index in [2.05, 4.69) is 15.3 Å². The zero-order chi connectivity index (χ0) is 18.4. The number of benzene rings is 2. The van der Waals surface area contributed by atoms with E-state index in [4.69, 9.17) is 0 Å². The van der Waals surface area contributed by atoms with Crippen LogP contribution in [0.3, 0.4) is 0 Å². The van der Waals surface area contributed by atoms with Gasteiger partial charge < -0.3 is 5.32 Å². The molecule has 0 bridgehead atoms. The Morgan fingerprint density at radius 2 is 2.00 bits per heavy atom. The van der Waals surface area contributed by atoms with Crippen LogP contribution in [0.2, 0.25) is 0 Å². The smallest absolute Gasteiger partial charge is 0.244 e. The van der Waals surface area contributed by atoms with E-state index in [1.54, 1.807) is 36.8 Å². The summed E-state index contributed by atoms with van der Waals surface area (Å²) in [6.07, 6.45) is 7.76. The van der Waals surface area contributed by atoms with Gasteiger partial charge in [0.25, 0.3) is 0 Å². The topological polar surface area (TPSA) is 54.9 Å². The van der Waals surface area contributed by atoms with E-state index in [0.29, 0.717) is 5.56 Å². The Bertz CT molecular complexity index is 925. The molecule has 0 spiro atoms. The van der Waals surface area contributed by atoms with Gasteiger partial charge in [-0.2, -0.15) is 0 Å². The average Bonchev–Trinajstić information content (AvgIpc) is 2.68. The fourth-order valence-corrected chi connectivity index (χ4v) is 2.54. The van der Waals surface area contributed by atoms with Crippen molar-refractivity contribution in [1.29, 1.82) is 0 Å². The van der Waals surface area contributed by atoms with E-state index in [0.717, 1.165) is 16.8 Å². The Labute approximate surface area is 151 Å². The Hall–Kier alpha value is -3.34. The standard InChI is InChI=1S/C21H18FN3O/c1-15(25-21(26)10-9-16-5-2-3-8-19(16)22)17-6-4-7-18(13-17)20-14-23-11-12-24-20/h2-15H,1H3,(H,25,26)/b10-9+/t15-/m0/s1. The summed E-state index contributed by atoms with van der Waals surface area (Å²) in [5.41, 5.74) is 3.02. The van der Waals surface area contributed by atoms with Gasteiger partial charge in [0.15, 0.2) is 0 Å². The van der Waals surface area contributed by atoms with E-state index in [-0.39, 0.29) is 17.8 Å². The Morgan fingerprint density at radius 1 is 1.15 bits per heavy atom. The van der Waals surface area contributed by atoms with Gasteiger partial charge in [-0.1, -0.05) is 36.4 Å². The largest absolute Gasteiger partial charge is 0.346 e. The average molecular weight is 347 g/mol. The van der Waals surface area contributed by atoms with Crippen LogP contribution in [-0.2, 0) is 4.79 Å². The van der Waals surface area contributed by atoms with Crippen molar-refractivity contribution in [2.45, 2.75) is 13.0 Å². The third-order valence-electron chi connectivity index (χ3n) is 3.92. The van der Waals surface area contributed by atoms with Crippen molar-refractivity contribution >= 4 is 12.0 Å². The molecule has 2 aromatic carbocycles. The van der Waals surface area contributed by atoms with Crippen LogP contribution in [0.4, 0.5) is 4.39 Å². The van der Waals surface area contributed by atoms with Gasteiger partial charge in [-0.25, -0.2) is 4.39 Å². The highest BCUT2D eigenvalue weighted by atomic mass is 19.1. The van der Waals surface area contributed by atoms with Gasteiger partial charge in [0.1, 0.15) is 5.82 Å². The summed E-state index contributed by atoms with van der Waals surface area (Å²) in [6, 6.07) is 13.9. The van der Waals surface area contributed by atoms with Gasteiger partial charge in [0, 0.05) is 29.6 Å². The predicted molar refractivity (Wildman–Crippen MR) is 99.5 cm³/mol. The molecule has 4 nitrogen and oxygen atoms in total. The molecule has 3 aromatic rings. The van der Waals surface area contributed by atoms with Crippen molar-refractivity contribution in [2.75, 3.05) is 0 Å². The predicted octanol–water partition coefficient (Wildman–Crippen LogP) is 4.17. The van der Waals surface area contributed by atoms with Crippen molar-refractivity contribution in [3.8, 4) is 11.3 Å². The lowest BCUT2D eigenvalue weighted by molar-refractivity contribution is -0.117. The van der Waals surface area contributed by atoms with Gasteiger partial charge in [0.05, 0.1) is 17.9 Å². The summed E-state index contributed by atoms with van der Waals surface area (Å²) in [4.78, 5) is 20.5. The molecule has 0 aliphatic heterocycles. The molecule has 0 saturated carbocycles. The van der Waals surface area contributed by atoms with Crippen molar-refractivity contribution in [3.05, 3.63) is 90.1 Å². The number of amides is 1. The fourth-order valence-electron chi connectivity index (χ4n) is 2.54. The minimum Gasteiger partial charge on any atom is -0.346 e. The molecule has 0 radical (unpaired) electrons. The molecule has 3 rings (SSSR count). The number of aromatic nitrogens is 2. The van der Waals surface area contributed by atoms with Gasteiger partial charge in [-0.3, -0.25) is 14.8 Å². The molecular weight excluding hydrogens is 329 g/mol. The molecule has 0 aliphatic carbocycles. The molecule has 1 heterocycles. The lowest BCUT2D eigenvalue weighted by Gasteiger charge is -2.14. The van der Waals surface area contributed by atoms with E-state index >= 15 is 0 Å². The zero-order valence-electron chi connectivity index (χ0n) is 14.3. The minimum absolute atomic E-state index is 0.204. The first-order valence-corrected chi connectivity index (χ1v) is 8.23. The van der Waals surface area contributed by atoms with E-state index in [1.165, 1.54) is 18.2 Å². The highest BCUT2D eigenvalue weighted by molar-refractivity contribution is 5.92. The molecule has 0 unspecified atom stereocenters. The number of nitrogens with zero attached hydrogens (tertiary/aromatic N) is 2. The van der Waals surface area contributed by atoms with E-state index in [9.17, 15) is 9.18 Å². The zero-order valence-corrected chi connectivity index (χ0v) is 14.3. The third-order valence-corrected chi connectivity index (χ3v) is 3.92. The van der Waals surface area contributed by atoms with Crippen LogP contribution >= 0.6 is 0 Å². The van der Waals surface area contributed by atoms with Crippen LogP contribution in [-0.4, -0.2) is 15.9 Å². The van der Waals surface area contributed by atoms with Gasteiger partial charge in [-0.05, 0) is 30.7 Å². The Kier molecular flexibility index (Phi) is 5.49. The van der Waals surface area contributed by atoms with Crippen LogP contribution in [0.15, 0.2) is 73.2 Å². The molecule has 1 aromatic heterocycles. The highest BCUT2D eigenvalue weighted by Crippen LogP contribution is 2.21. The maximum atomic E-state index is 13.6. The molecule has 1 amide bonds. The Balaban J connectivity index is 1.69. The number of halogens is 1. The second-order valence-corrected chi connectivity index (χ2v) is 5.80. The third kappa shape index (κ3) is 4.39. The number of hydrogen-bond donors (Lipinski definition) is 1. The molecule has 0 saturated heterocycles. The Morgan fingerprint density at radius 3 is 2.77 bits per heavy atom. The molecule has 1 atom stereocenters. The van der Waals surface area contributed by atoms with Gasteiger partial charge in [-0.15, -0.1) is 0 Å². The van der Waals surface area contributed by atoms with E-state index < -0.39 is 0 Å². The van der Waals surface area contributed by atoms with Crippen LogP contribution in [0.25, 0.3) is 17.3 Å². The molecule has 26 heavy (non-hydrogen) atoms. The van der Waals surface area contributed by atoms with Crippen LogP contribution < -0.4 is 5.32 Å². The lowest BCUT2D eigenvalue weighted by Crippen LogP contribution is -2.24. The monoisotopic (exact) mass is 347 g/mol. The number of hydrogen-bond acceptors (Lipinski definition) is 3. The van der Waals surface area contributed by atoms with Gasteiger partial charge in [0.2, 0.25) is 5.91 Å². The SMILES string of the molecule is C[C@H](NC(=O)/C=C/c1ccccc1F)c1cccc(-c2cnccn2)c1. The molecule has 0 aliphatic rings. The van der Waals surface area contributed by atoms with Crippen LogP contribution in [0, 0.1) is 5.82 Å². The number of carbonyl (C=O) groups excluding carboxylic acids is 1. The summed E-state index contributed by atoms with van der Waals surface area (Å²) in [6.45, 7) is 1.89. The summed E-state index contributed by atoms with van der Waals surface area (Å²) in [7, 11) is 0. The van der Waals surface area contributed by atoms with Crippen LogP contribution in [0.5, 0.6) is 0 Å². The molecule has 1 N–H and O–H groups in total. The van der Waals surface area contributed by atoms with E-state index in [1.807, 2.05) is 31.2 Å². The maximum Gasteiger partial charge on any atom is 0.244 e. The fraction of sp³-hybridized carbons (Fsp3) is 0.0952. The minimum atomic E-state index is -0.360. The number of rotatable bonds is 5. The quantitative estimate of drug-likeness (QED) is 0.705. The number of carbonyl (C=O) groups is 1. The van der Waals surface area contributed by atoms with Gasteiger partial charge >= 0.3 is 0 Å². The lowest BCUT2D eigenvalue weighted by atomic mass is 10.0. The highest BCUT2D eigenvalue weighted by Gasteiger charge is 2.09. The summed E-state index contributed by atoms with van der Waals surface area (Å²) in [5, 5.41) is 2.88. The molecule has 5 heteroatoms.